The number of alkyl halides is 5. The van der Waals surface area contributed by atoms with Gasteiger partial charge in [0.05, 0.1) is 11.8 Å². The Morgan fingerprint density at radius 2 is 1.02 bits per heavy atom. The minimum absolute atomic E-state index is 0.00611. The highest BCUT2D eigenvalue weighted by Gasteiger charge is 2.58. The normalized spacial score (nSPS) is 22.8. The van der Waals surface area contributed by atoms with E-state index in [1.54, 1.807) is 0 Å². The number of rotatable bonds is 9. The zero-order chi connectivity index (χ0) is 30.6. The second-order valence-electron chi connectivity index (χ2n) is 11.4. The first-order chi connectivity index (χ1) is 20.0. The van der Waals surface area contributed by atoms with Gasteiger partial charge in [0.2, 0.25) is 0 Å². The van der Waals surface area contributed by atoms with Crippen LogP contribution in [0.3, 0.4) is 0 Å². The van der Waals surface area contributed by atoms with Gasteiger partial charge in [-0.3, -0.25) is 9.59 Å². The zero-order valence-corrected chi connectivity index (χ0v) is 24.1. The summed E-state index contributed by atoms with van der Waals surface area (Å²) in [5, 5.41) is 0. The van der Waals surface area contributed by atoms with Crippen molar-refractivity contribution in [3.63, 3.8) is 0 Å². The van der Waals surface area contributed by atoms with E-state index in [-0.39, 0.29) is 44.2 Å². The second-order valence-corrected chi connectivity index (χ2v) is 11.4. The summed E-state index contributed by atoms with van der Waals surface area (Å²) in [6.07, 6.45) is -0.181. The molecular formula is C33H41F5O4. The molecule has 2 saturated carbocycles. The average molecular weight is 597 g/mol. The van der Waals surface area contributed by atoms with Crippen molar-refractivity contribution in [1.82, 2.24) is 0 Å². The topological polar surface area (TPSA) is 52.6 Å². The molecule has 0 atom stereocenters. The minimum Gasteiger partial charge on any atom is -0.461 e. The van der Waals surface area contributed by atoms with Crippen LogP contribution in [0.1, 0.15) is 82.3 Å². The molecule has 4 nitrogen and oxygen atoms in total. The largest absolute Gasteiger partial charge is 0.461 e. The molecule has 0 radical (unpaired) electrons. The third kappa shape index (κ3) is 10.7. The Balaban J connectivity index is 0.000000240. The lowest BCUT2D eigenvalue weighted by molar-refractivity contribution is -0.288. The van der Waals surface area contributed by atoms with Crippen LogP contribution in [0.2, 0.25) is 0 Å². The number of halogens is 5. The van der Waals surface area contributed by atoms with Crippen molar-refractivity contribution in [3.05, 3.63) is 71.8 Å². The van der Waals surface area contributed by atoms with E-state index in [1.165, 1.54) is 19.3 Å². The quantitative estimate of drug-likeness (QED) is 0.214. The first kappa shape index (κ1) is 33.5. The molecule has 0 spiro atoms. The summed E-state index contributed by atoms with van der Waals surface area (Å²) in [6, 6.07) is 19.0. The van der Waals surface area contributed by atoms with E-state index >= 15 is 0 Å². The molecule has 0 heterocycles. The van der Waals surface area contributed by atoms with Gasteiger partial charge in [-0.15, -0.1) is 0 Å². The number of benzene rings is 2. The Kier molecular flexibility index (Phi) is 12.8. The van der Waals surface area contributed by atoms with Gasteiger partial charge in [-0.1, -0.05) is 74.0 Å². The van der Waals surface area contributed by atoms with Gasteiger partial charge in [0.25, 0.3) is 0 Å². The van der Waals surface area contributed by atoms with Gasteiger partial charge in [-0.25, -0.2) is 0 Å². The molecule has 2 aliphatic rings. The van der Waals surface area contributed by atoms with Gasteiger partial charge < -0.3 is 9.47 Å². The maximum Gasteiger partial charge on any atom is 0.453 e. The summed E-state index contributed by atoms with van der Waals surface area (Å²) < 4.78 is 73.4. The van der Waals surface area contributed by atoms with Crippen LogP contribution in [-0.4, -0.2) is 24.0 Å². The Bertz CT molecular complexity index is 1070. The summed E-state index contributed by atoms with van der Waals surface area (Å²) in [5.74, 6) is -5.28. The lowest BCUT2D eigenvalue weighted by atomic mass is 9.79. The maximum absolute atomic E-state index is 13.1. The van der Waals surface area contributed by atoms with Gasteiger partial charge in [-0.05, 0) is 74.3 Å². The van der Waals surface area contributed by atoms with Crippen molar-refractivity contribution in [2.45, 2.75) is 96.4 Å². The highest BCUT2D eigenvalue weighted by atomic mass is 19.4. The van der Waals surface area contributed by atoms with Gasteiger partial charge in [-0.2, -0.15) is 22.0 Å². The number of ether oxygens (including phenoxy) is 2. The Morgan fingerprint density at radius 3 is 1.38 bits per heavy atom. The van der Waals surface area contributed by atoms with E-state index in [4.69, 9.17) is 9.47 Å². The van der Waals surface area contributed by atoms with Crippen molar-refractivity contribution in [3.8, 4) is 0 Å². The number of carbonyl (C=O) groups excluding carboxylic acids is 2. The Morgan fingerprint density at radius 1 is 0.643 bits per heavy atom. The third-order valence-corrected chi connectivity index (χ3v) is 8.35. The van der Waals surface area contributed by atoms with E-state index in [9.17, 15) is 31.5 Å². The fourth-order valence-electron chi connectivity index (χ4n) is 5.58. The van der Waals surface area contributed by atoms with Crippen molar-refractivity contribution in [1.29, 1.82) is 0 Å². The standard InChI is InChI=1S/C17H19F5O2.C16H22O2/c18-16(19,17(20,21)22)10-12-6-8-14(9-7-12)15(23)24-11-13-4-2-1-3-5-13;1-2-13-8-10-15(11-9-13)16(17)18-12-14-6-4-3-5-7-14/h1-5,12,14H,6-11H2;3-7,13,15H,2,8-12H2,1H3. The van der Waals surface area contributed by atoms with Crippen LogP contribution < -0.4 is 0 Å². The summed E-state index contributed by atoms with van der Waals surface area (Å²) in [7, 11) is 0. The molecule has 42 heavy (non-hydrogen) atoms. The molecule has 2 aromatic carbocycles. The Labute approximate surface area is 245 Å². The molecule has 0 bridgehead atoms. The van der Waals surface area contributed by atoms with Crippen LogP contribution in [0, 0.1) is 23.7 Å². The zero-order valence-electron chi connectivity index (χ0n) is 24.1. The van der Waals surface area contributed by atoms with E-state index in [1.807, 2.05) is 60.7 Å². The fraction of sp³-hybridized carbons (Fsp3) is 0.576. The van der Waals surface area contributed by atoms with Gasteiger partial charge in [0, 0.05) is 6.42 Å². The van der Waals surface area contributed by atoms with Crippen molar-refractivity contribution >= 4 is 11.9 Å². The number of carbonyl (C=O) groups is 2. The lowest BCUT2D eigenvalue weighted by Crippen LogP contribution is -2.39. The van der Waals surface area contributed by atoms with Gasteiger partial charge in [0.15, 0.2) is 0 Å². The molecule has 2 fully saturated rings. The molecule has 0 N–H and O–H groups in total. The summed E-state index contributed by atoms with van der Waals surface area (Å²) >= 11 is 0. The lowest BCUT2D eigenvalue weighted by Gasteiger charge is -2.30. The monoisotopic (exact) mass is 596 g/mol. The third-order valence-electron chi connectivity index (χ3n) is 8.35. The van der Waals surface area contributed by atoms with Gasteiger partial charge >= 0.3 is 24.0 Å². The molecule has 0 unspecified atom stereocenters. The van der Waals surface area contributed by atoms with Crippen molar-refractivity contribution in [2.75, 3.05) is 0 Å². The molecule has 0 aliphatic heterocycles. The van der Waals surface area contributed by atoms with Crippen LogP contribution in [0.4, 0.5) is 22.0 Å². The number of esters is 2. The molecular weight excluding hydrogens is 555 g/mol. The molecule has 232 valence electrons. The minimum atomic E-state index is -5.52. The van der Waals surface area contributed by atoms with Crippen molar-refractivity contribution < 1.29 is 41.0 Å². The summed E-state index contributed by atoms with van der Waals surface area (Å²) in [4.78, 5) is 23.9. The molecule has 0 saturated heterocycles. The Hall–Kier alpha value is -2.97. The average Bonchev–Trinajstić information content (AvgIpc) is 2.99. The predicted octanol–water partition coefficient (Wildman–Crippen LogP) is 9.07. The van der Waals surface area contributed by atoms with E-state index in [2.05, 4.69) is 6.92 Å². The van der Waals surface area contributed by atoms with E-state index in [0.717, 1.165) is 29.9 Å². The maximum atomic E-state index is 13.1. The molecule has 4 rings (SSSR count). The second kappa shape index (κ2) is 16.0. The van der Waals surface area contributed by atoms with Crippen LogP contribution in [0.15, 0.2) is 60.7 Å². The molecule has 2 aliphatic carbocycles. The fourth-order valence-corrected chi connectivity index (χ4v) is 5.58. The van der Waals surface area contributed by atoms with Crippen LogP contribution in [-0.2, 0) is 32.3 Å². The van der Waals surface area contributed by atoms with Crippen LogP contribution in [0.25, 0.3) is 0 Å². The summed E-state index contributed by atoms with van der Waals surface area (Å²) in [5.41, 5.74) is 1.90. The first-order valence-corrected chi connectivity index (χ1v) is 14.8. The van der Waals surface area contributed by atoms with Crippen LogP contribution >= 0.6 is 0 Å². The highest BCUT2D eigenvalue weighted by Crippen LogP contribution is 2.44. The van der Waals surface area contributed by atoms with Gasteiger partial charge in [0.1, 0.15) is 13.2 Å². The highest BCUT2D eigenvalue weighted by molar-refractivity contribution is 5.73. The molecule has 9 heteroatoms. The number of hydrogen-bond acceptors (Lipinski definition) is 4. The van der Waals surface area contributed by atoms with E-state index in [0.29, 0.717) is 6.61 Å². The van der Waals surface area contributed by atoms with Crippen molar-refractivity contribution in [2.24, 2.45) is 23.7 Å². The molecule has 0 amide bonds. The SMILES string of the molecule is CCC1CCC(C(=O)OCc2ccccc2)CC1.O=C(OCc1ccccc1)C1CCC(CC(F)(F)C(F)(F)F)CC1. The summed E-state index contributed by atoms with van der Waals surface area (Å²) in [6.45, 7) is 2.78. The first-order valence-electron chi connectivity index (χ1n) is 14.8. The predicted molar refractivity (Wildman–Crippen MR) is 149 cm³/mol. The number of hydrogen-bond donors (Lipinski definition) is 0. The van der Waals surface area contributed by atoms with Crippen LogP contribution in [0.5, 0.6) is 0 Å². The van der Waals surface area contributed by atoms with E-state index < -0.39 is 36.3 Å². The molecule has 2 aromatic rings. The molecule has 0 aromatic heterocycles. The smallest absolute Gasteiger partial charge is 0.453 e.